The lowest BCUT2D eigenvalue weighted by Gasteiger charge is -2.16. The number of carbonyl (C=O) groups excluding carboxylic acids is 1. The van der Waals surface area contributed by atoms with E-state index in [-0.39, 0.29) is 5.97 Å². The van der Waals surface area contributed by atoms with Gasteiger partial charge >= 0.3 is 5.97 Å². The first-order valence-electron chi connectivity index (χ1n) is 10.0. The van der Waals surface area contributed by atoms with Gasteiger partial charge in [-0.25, -0.2) is 14.8 Å². The number of hydrogen-bond donors (Lipinski definition) is 1. The summed E-state index contributed by atoms with van der Waals surface area (Å²) in [7, 11) is 1.38. The summed E-state index contributed by atoms with van der Waals surface area (Å²) in [5.41, 5.74) is 6.66. The highest BCUT2D eigenvalue weighted by molar-refractivity contribution is 7.17. The van der Waals surface area contributed by atoms with Crippen LogP contribution in [-0.2, 0) is 17.6 Å². The number of fused-ring (bicyclic) bond motifs is 2. The monoisotopic (exact) mass is 415 g/mol. The fourth-order valence-corrected chi connectivity index (χ4v) is 4.94. The first-order chi connectivity index (χ1) is 14.7. The summed E-state index contributed by atoms with van der Waals surface area (Å²) in [5.74, 6) is 0.415. The van der Waals surface area contributed by atoms with Crippen molar-refractivity contribution in [3.8, 4) is 11.1 Å². The van der Waals surface area contributed by atoms with Crippen molar-refractivity contribution in [1.82, 2.24) is 9.97 Å². The second-order valence-electron chi connectivity index (χ2n) is 7.44. The molecule has 0 bridgehead atoms. The molecule has 0 aliphatic heterocycles. The van der Waals surface area contributed by atoms with Crippen LogP contribution >= 0.6 is 11.3 Å². The highest BCUT2D eigenvalue weighted by Gasteiger charge is 2.16. The Balaban J connectivity index is 1.53. The molecule has 1 aliphatic rings. The van der Waals surface area contributed by atoms with Crippen LogP contribution in [0.15, 0.2) is 54.2 Å². The van der Waals surface area contributed by atoms with Crippen molar-refractivity contribution in [3.05, 3.63) is 70.9 Å². The highest BCUT2D eigenvalue weighted by Crippen LogP contribution is 2.38. The number of nitrogens with zero attached hydrogens (tertiary/aromatic N) is 2. The SMILES string of the molecule is COC(=O)c1ccc(Nc2ncnc3scc(-c4ccc5c(c4)CCCC5)c23)cc1. The van der Waals surface area contributed by atoms with Gasteiger partial charge in [0.25, 0.3) is 0 Å². The normalized spacial score (nSPS) is 13.1. The van der Waals surface area contributed by atoms with E-state index in [9.17, 15) is 4.79 Å². The van der Waals surface area contributed by atoms with Gasteiger partial charge in [0.15, 0.2) is 0 Å². The molecule has 30 heavy (non-hydrogen) atoms. The molecule has 2 aromatic heterocycles. The Kier molecular flexibility index (Phi) is 4.93. The first kappa shape index (κ1) is 18.8. The van der Waals surface area contributed by atoms with Crippen molar-refractivity contribution in [2.75, 3.05) is 12.4 Å². The maximum atomic E-state index is 11.7. The zero-order valence-corrected chi connectivity index (χ0v) is 17.5. The van der Waals surface area contributed by atoms with E-state index in [4.69, 9.17) is 4.74 Å². The predicted molar refractivity (Wildman–Crippen MR) is 121 cm³/mol. The second kappa shape index (κ2) is 7.88. The van der Waals surface area contributed by atoms with E-state index in [1.807, 2.05) is 12.1 Å². The lowest BCUT2D eigenvalue weighted by Crippen LogP contribution is -2.02. The molecule has 5 rings (SSSR count). The summed E-state index contributed by atoms with van der Waals surface area (Å²) in [6.45, 7) is 0. The zero-order valence-electron chi connectivity index (χ0n) is 16.6. The Hall–Kier alpha value is -3.25. The topological polar surface area (TPSA) is 64.1 Å². The van der Waals surface area contributed by atoms with Crippen LogP contribution in [0.3, 0.4) is 0 Å². The lowest BCUT2D eigenvalue weighted by molar-refractivity contribution is 0.0601. The molecule has 150 valence electrons. The van der Waals surface area contributed by atoms with Gasteiger partial charge in [0, 0.05) is 16.6 Å². The third-order valence-corrected chi connectivity index (χ3v) is 6.48. The van der Waals surface area contributed by atoms with Gasteiger partial charge in [0.2, 0.25) is 0 Å². The molecular formula is C24H21N3O2S. The molecule has 0 radical (unpaired) electrons. The van der Waals surface area contributed by atoms with Gasteiger partial charge in [-0.2, -0.15) is 0 Å². The van der Waals surface area contributed by atoms with Crippen LogP contribution < -0.4 is 5.32 Å². The number of carbonyl (C=O) groups is 1. The third kappa shape index (κ3) is 3.44. The van der Waals surface area contributed by atoms with E-state index >= 15 is 0 Å². The third-order valence-electron chi connectivity index (χ3n) is 5.60. The molecule has 0 atom stereocenters. The van der Waals surface area contributed by atoms with Crippen LogP contribution in [0.25, 0.3) is 21.3 Å². The van der Waals surface area contributed by atoms with Crippen LogP contribution in [-0.4, -0.2) is 23.0 Å². The Morgan fingerprint density at radius 2 is 1.83 bits per heavy atom. The molecule has 1 aliphatic carbocycles. The summed E-state index contributed by atoms with van der Waals surface area (Å²) < 4.78 is 4.77. The van der Waals surface area contributed by atoms with E-state index in [0.29, 0.717) is 5.56 Å². The zero-order chi connectivity index (χ0) is 20.5. The predicted octanol–water partition coefficient (Wildman–Crippen LogP) is 5.77. The Morgan fingerprint density at radius 3 is 2.63 bits per heavy atom. The summed E-state index contributed by atoms with van der Waals surface area (Å²) in [4.78, 5) is 21.6. The van der Waals surface area contributed by atoms with Crippen molar-refractivity contribution < 1.29 is 9.53 Å². The number of anilines is 2. The number of benzene rings is 2. The first-order valence-corrected chi connectivity index (χ1v) is 10.9. The van der Waals surface area contributed by atoms with Crippen molar-refractivity contribution >= 4 is 39.0 Å². The lowest BCUT2D eigenvalue weighted by atomic mass is 9.89. The summed E-state index contributed by atoms with van der Waals surface area (Å²) in [5, 5.41) is 6.58. The van der Waals surface area contributed by atoms with Gasteiger partial charge in [-0.15, -0.1) is 11.3 Å². The number of aromatic nitrogens is 2. The minimum absolute atomic E-state index is 0.349. The van der Waals surface area contributed by atoms with Crippen LogP contribution in [0, 0.1) is 0 Å². The number of esters is 1. The summed E-state index contributed by atoms with van der Waals surface area (Å²) >= 11 is 1.63. The van der Waals surface area contributed by atoms with Gasteiger partial charge in [-0.05, 0) is 66.6 Å². The van der Waals surface area contributed by atoms with E-state index in [1.165, 1.54) is 43.1 Å². The quantitative estimate of drug-likeness (QED) is 0.429. The number of aryl methyl sites for hydroxylation is 2. The maximum absolute atomic E-state index is 11.7. The Labute approximate surface area is 178 Å². The van der Waals surface area contributed by atoms with Gasteiger partial charge in [-0.3, -0.25) is 0 Å². The summed E-state index contributed by atoms with van der Waals surface area (Å²) in [6.07, 6.45) is 6.46. The van der Waals surface area contributed by atoms with E-state index in [0.717, 1.165) is 33.7 Å². The molecular weight excluding hydrogens is 394 g/mol. The Bertz CT molecular complexity index is 1230. The standard InChI is InChI=1S/C24H21N3O2S/c1-29-24(28)16-8-10-19(11-9-16)27-22-21-20(13-30-23(21)26-14-25-22)18-7-6-15-4-2-3-5-17(15)12-18/h6-14H,2-5H2,1H3,(H,25,26,27). The number of hydrogen-bond acceptors (Lipinski definition) is 6. The van der Waals surface area contributed by atoms with Crippen LogP contribution in [0.1, 0.15) is 34.3 Å². The molecule has 5 nitrogen and oxygen atoms in total. The number of thiophene rings is 1. The van der Waals surface area contributed by atoms with E-state index in [2.05, 4.69) is 38.9 Å². The average molecular weight is 416 g/mol. The number of rotatable bonds is 4. The van der Waals surface area contributed by atoms with Crippen molar-refractivity contribution in [2.45, 2.75) is 25.7 Å². The van der Waals surface area contributed by atoms with Crippen LogP contribution in [0.4, 0.5) is 11.5 Å². The molecule has 2 heterocycles. The molecule has 0 spiro atoms. The van der Waals surface area contributed by atoms with E-state index < -0.39 is 0 Å². The number of nitrogens with one attached hydrogen (secondary N) is 1. The van der Waals surface area contributed by atoms with Gasteiger partial charge in [0.1, 0.15) is 17.0 Å². The second-order valence-corrected chi connectivity index (χ2v) is 8.29. The summed E-state index contributed by atoms with van der Waals surface area (Å²) in [6, 6.07) is 14.0. The number of ether oxygens (including phenoxy) is 1. The van der Waals surface area contributed by atoms with Crippen LogP contribution in [0.5, 0.6) is 0 Å². The minimum Gasteiger partial charge on any atom is -0.465 e. The molecule has 1 N–H and O–H groups in total. The highest BCUT2D eigenvalue weighted by atomic mass is 32.1. The van der Waals surface area contributed by atoms with Gasteiger partial charge in [0.05, 0.1) is 18.1 Å². The molecule has 0 fully saturated rings. The molecule has 6 heteroatoms. The maximum Gasteiger partial charge on any atom is 0.337 e. The van der Waals surface area contributed by atoms with Gasteiger partial charge < -0.3 is 10.1 Å². The van der Waals surface area contributed by atoms with Gasteiger partial charge in [-0.1, -0.05) is 18.2 Å². The van der Waals surface area contributed by atoms with Crippen molar-refractivity contribution in [3.63, 3.8) is 0 Å². The number of methoxy groups -OCH3 is 1. The molecule has 4 aromatic rings. The molecule has 0 saturated carbocycles. The smallest absolute Gasteiger partial charge is 0.337 e. The van der Waals surface area contributed by atoms with Crippen LogP contribution in [0.2, 0.25) is 0 Å². The molecule has 0 saturated heterocycles. The largest absolute Gasteiger partial charge is 0.465 e. The fourth-order valence-electron chi connectivity index (χ4n) is 4.03. The molecule has 0 unspecified atom stereocenters. The minimum atomic E-state index is -0.349. The fraction of sp³-hybridized carbons (Fsp3) is 0.208. The van der Waals surface area contributed by atoms with E-state index in [1.54, 1.807) is 29.8 Å². The van der Waals surface area contributed by atoms with Crippen molar-refractivity contribution in [1.29, 1.82) is 0 Å². The Morgan fingerprint density at radius 1 is 1.03 bits per heavy atom. The average Bonchev–Trinajstić information content (AvgIpc) is 3.24. The molecule has 0 amide bonds. The molecule has 2 aromatic carbocycles. The van der Waals surface area contributed by atoms with Crippen molar-refractivity contribution in [2.24, 2.45) is 0 Å².